The van der Waals surface area contributed by atoms with Gasteiger partial charge in [0.1, 0.15) is 11.3 Å². The van der Waals surface area contributed by atoms with E-state index in [1.165, 1.54) is 11.0 Å². The smallest absolute Gasteiger partial charge is 0.291 e. The minimum atomic E-state index is -3.27. The topological polar surface area (TPSA) is 93.9 Å². The van der Waals surface area contributed by atoms with Gasteiger partial charge in [-0.05, 0) is 48.7 Å². The highest BCUT2D eigenvalue weighted by Crippen LogP contribution is 2.42. The van der Waals surface area contributed by atoms with Gasteiger partial charge in [-0.25, -0.2) is 8.42 Å². The van der Waals surface area contributed by atoms with Crippen molar-refractivity contribution >= 4 is 38.3 Å². The summed E-state index contributed by atoms with van der Waals surface area (Å²) >= 11 is 6.14. The molecule has 35 heavy (non-hydrogen) atoms. The minimum Gasteiger partial charge on any atom is -0.494 e. The second kappa shape index (κ2) is 9.32. The lowest BCUT2D eigenvalue weighted by Crippen LogP contribution is -2.40. The van der Waals surface area contributed by atoms with Crippen molar-refractivity contribution in [3.05, 3.63) is 74.6 Å². The molecule has 2 atom stereocenters. The van der Waals surface area contributed by atoms with Crippen LogP contribution < -0.4 is 10.2 Å². The van der Waals surface area contributed by atoms with Crippen LogP contribution in [0, 0.1) is 0 Å². The summed E-state index contributed by atoms with van der Waals surface area (Å²) in [5.74, 6) is -0.0320. The number of carbonyl (C=O) groups is 1. The van der Waals surface area contributed by atoms with Crippen LogP contribution in [0.2, 0.25) is 5.02 Å². The van der Waals surface area contributed by atoms with Gasteiger partial charge in [-0.1, -0.05) is 43.5 Å². The van der Waals surface area contributed by atoms with Crippen molar-refractivity contribution in [3.8, 4) is 5.75 Å². The number of halogens is 1. The fourth-order valence-electron chi connectivity index (χ4n) is 4.98. The van der Waals surface area contributed by atoms with E-state index in [-0.39, 0.29) is 39.2 Å². The number of sulfone groups is 1. The zero-order valence-electron chi connectivity index (χ0n) is 19.3. The van der Waals surface area contributed by atoms with Gasteiger partial charge in [0.15, 0.2) is 15.3 Å². The lowest BCUT2D eigenvalue weighted by Gasteiger charge is -2.30. The number of carbonyl (C=O) groups excluding carboxylic acids is 1. The summed E-state index contributed by atoms with van der Waals surface area (Å²) in [6, 6.07) is 10.6. The van der Waals surface area contributed by atoms with Gasteiger partial charge in [0.25, 0.3) is 5.91 Å². The highest BCUT2D eigenvalue weighted by Gasteiger charge is 2.48. The molecule has 9 heteroatoms. The number of unbranched alkanes of at least 4 members (excludes halogenated alkanes) is 2. The van der Waals surface area contributed by atoms with E-state index < -0.39 is 27.8 Å². The molecule has 2 unspecified atom stereocenters. The maximum atomic E-state index is 13.7. The van der Waals surface area contributed by atoms with Crippen molar-refractivity contribution in [2.75, 3.05) is 18.1 Å². The van der Waals surface area contributed by atoms with E-state index in [1.807, 2.05) is 24.3 Å². The van der Waals surface area contributed by atoms with Gasteiger partial charge < -0.3 is 14.1 Å². The fourth-order valence-corrected chi connectivity index (χ4v) is 6.86. The van der Waals surface area contributed by atoms with Crippen LogP contribution in [0.5, 0.6) is 5.75 Å². The van der Waals surface area contributed by atoms with Gasteiger partial charge in [0.05, 0.1) is 35.1 Å². The normalized spacial score (nSPS) is 21.0. The van der Waals surface area contributed by atoms with Crippen LogP contribution in [-0.4, -0.2) is 43.4 Å². The van der Waals surface area contributed by atoms with E-state index >= 15 is 0 Å². The number of hydrogen-bond acceptors (Lipinski definition) is 6. The lowest BCUT2D eigenvalue weighted by atomic mass is 9.97. The van der Waals surface area contributed by atoms with Crippen LogP contribution in [0.4, 0.5) is 0 Å². The monoisotopic (exact) mass is 515 g/mol. The molecule has 1 amide bonds. The summed E-state index contributed by atoms with van der Waals surface area (Å²) in [6.45, 7) is 2.68. The average Bonchev–Trinajstić information content (AvgIpc) is 3.34. The van der Waals surface area contributed by atoms with E-state index in [0.717, 1.165) is 19.3 Å². The summed E-state index contributed by atoms with van der Waals surface area (Å²) in [4.78, 5) is 28.8. The number of fused-ring (bicyclic) bond motifs is 2. The molecule has 2 aliphatic rings. The molecule has 7 nitrogen and oxygen atoms in total. The first kappa shape index (κ1) is 23.9. The molecule has 0 N–H and O–H groups in total. The first-order chi connectivity index (χ1) is 16.8. The van der Waals surface area contributed by atoms with Gasteiger partial charge in [-0.15, -0.1) is 0 Å². The number of rotatable bonds is 7. The van der Waals surface area contributed by atoms with Crippen molar-refractivity contribution in [1.82, 2.24) is 4.90 Å². The van der Waals surface area contributed by atoms with Crippen molar-refractivity contribution in [2.24, 2.45) is 0 Å². The molecule has 2 aliphatic heterocycles. The predicted molar refractivity (Wildman–Crippen MR) is 134 cm³/mol. The average molecular weight is 516 g/mol. The summed E-state index contributed by atoms with van der Waals surface area (Å²) in [5.41, 5.74) is 0.791. The maximum absolute atomic E-state index is 13.7. The van der Waals surface area contributed by atoms with Crippen molar-refractivity contribution < 1.29 is 22.4 Å². The Kier molecular flexibility index (Phi) is 6.36. The predicted octanol–water partition coefficient (Wildman–Crippen LogP) is 4.75. The van der Waals surface area contributed by atoms with Gasteiger partial charge in [-0.3, -0.25) is 9.59 Å². The highest BCUT2D eigenvalue weighted by molar-refractivity contribution is 7.91. The van der Waals surface area contributed by atoms with Crippen LogP contribution in [0.25, 0.3) is 11.0 Å². The van der Waals surface area contributed by atoms with Gasteiger partial charge in [0.2, 0.25) is 5.76 Å². The summed E-state index contributed by atoms with van der Waals surface area (Å²) in [5, 5.41) is 0.661. The van der Waals surface area contributed by atoms with Gasteiger partial charge in [-0.2, -0.15) is 0 Å². The van der Waals surface area contributed by atoms with Gasteiger partial charge in [0, 0.05) is 11.1 Å². The molecule has 1 saturated heterocycles. The van der Waals surface area contributed by atoms with Gasteiger partial charge >= 0.3 is 0 Å². The minimum absolute atomic E-state index is 0.00402. The molecule has 0 bridgehead atoms. The number of benzene rings is 2. The molecule has 184 valence electrons. The summed E-state index contributed by atoms with van der Waals surface area (Å²) in [7, 11) is -3.27. The Morgan fingerprint density at radius 1 is 1.14 bits per heavy atom. The molecular formula is C26H26ClNO6S. The fraction of sp³-hybridized carbons (Fsp3) is 0.385. The Labute approximate surface area is 208 Å². The molecule has 2 aromatic carbocycles. The van der Waals surface area contributed by atoms with E-state index in [2.05, 4.69) is 6.92 Å². The standard InChI is InChI=1S/C26H26ClNO6S/c1-2-3-4-11-33-19-7-5-6-16(13-19)23-22-24(29)20-14-17(27)8-9-21(20)34-25(22)26(30)28(23)18-10-12-35(31,32)15-18/h5-9,13-14,18,23H,2-4,10-12,15H2,1H3. The zero-order chi connectivity index (χ0) is 24.7. The molecule has 0 saturated carbocycles. The van der Waals surface area contributed by atoms with E-state index in [0.29, 0.717) is 29.4 Å². The van der Waals surface area contributed by atoms with E-state index in [4.69, 9.17) is 20.8 Å². The van der Waals surface area contributed by atoms with Crippen LogP contribution in [-0.2, 0) is 9.84 Å². The van der Waals surface area contributed by atoms with Crippen LogP contribution in [0.3, 0.4) is 0 Å². The largest absolute Gasteiger partial charge is 0.494 e. The number of ether oxygens (including phenoxy) is 1. The number of nitrogens with zero attached hydrogens (tertiary/aromatic N) is 1. The number of hydrogen-bond donors (Lipinski definition) is 0. The second-order valence-corrected chi connectivity index (χ2v) is 11.8. The first-order valence-corrected chi connectivity index (χ1v) is 14.0. The zero-order valence-corrected chi connectivity index (χ0v) is 20.9. The molecule has 0 spiro atoms. The quantitative estimate of drug-likeness (QED) is 0.421. The van der Waals surface area contributed by atoms with Crippen LogP contribution in [0.1, 0.15) is 60.3 Å². The molecule has 0 aliphatic carbocycles. The molecular weight excluding hydrogens is 490 g/mol. The third kappa shape index (κ3) is 4.45. The Morgan fingerprint density at radius 2 is 1.97 bits per heavy atom. The highest BCUT2D eigenvalue weighted by atomic mass is 35.5. The van der Waals surface area contributed by atoms with E-state index in [9.17, 15) is 18.0 Å². The SMILES string of the molecule is CCCCCOc1cccc(C2c3c(oc4ccc(Cl)cc4c3=O)C(=O)N2C2CCS(=O)(=O)C2)c1. The number of amides is 1. The van der Waals surface area contributed by atoms with E-state index in [1.54, 1.807) is 12.1 Å². The molecule has 3 heterocycles. The third-order valence-electron chi connectivity index (χ3n) is 6.66. The molecule has 1 aromatic heterocycles. The Balaban J connectivity index is 1.63. The van der Waals surface area contributed by atoms with Crippen molar-refractivity contribution in [2.45, 2.75) is 44.7 Å². The van der Waals surface area contributed by atoms with Crippen molar-refractivity contribution in [3.63, 3.8) is 0 Å². The molecule has 1 fully saturated rings. The second-order valence-electron chi connectivity index (χ2n) is 9.11. The van der Waals surface area contributed by atoms with Crippen molar-refractivity contribution in [1.29, 1.82) is 0 Å². The Morgan fingerprint density at radius 3 is 2.71 bits per heavy atom. The third-order valence-corrected chi connectivity index (χ3v) is 8.65. The first-order valence-electron chi connectivity index (χ1n) is 11.8. The molecule has 5 rings (SSSR count). The maximum Gasteiger partial charge on any atom is 0.291 e. The Hall–Kier alpha value is -2.84. The van der Waals surface area contributed by atoms with Crippen LogP contribution in [0.15, 0.2) is 51.7 Å². The lowest BCUT2D eigenvalue weighted by molar-refractivity contribution is 0.0662. The molecule has 0 radical (unpaired) electrons. The van der Waals surface area contributed by atoms with Crippen LogP contribution >= 0.6 is 11.6 Å². The summed E-state index contributed by atoms with van der Waals surface area (Å²) < 4.78 is 36.4. The molecule has 3 aromatic rings. The Bertz CT molecular complexity index is 1460. The summed E-state index contributed by atoms with van der Waals surface area (Å²) in [6.07, 6.45) is 3.38.